The van der Waals surface area contributed by atoms with E-state index in [0.29, 0.717) is 23.6 Å². The van der Waals surface area contributed by atoms with Crippen LogP contribution >= 0.6 is 0 Å². The van der Waals surface area contributed by atoms with Crippen LogP contribution in [0.3, 0.4) is 0 Å². The number of nitrogens with zero attached hydrogens (tertiary/aromatic N) is 4. The summed E-state index contributed by atoms with van der Waals surface area (Å²) in [5, 5.41) is 0. The van der Waals surface area contributed by atoms with Crippen molar-refractivity contribution in [2.45, 2.75) is 30.2 Å². The highest BCUT2D eigenvalue weighted by atomic mass is 32.2. The largest absolute Gasteiger partial charge is 0.299 e. The Hall–Kier alpha value is -2.71. The lowest BCUT2D eigenvalue weighted by Gasteiger charge is -2.32. The van der Waals surface area contributed by atoms with Gasteiger partial charge < -0.3 is 0 Å². The monoisotopic (exact) mass is 426 g/mol. The third-order valence-corrected chi connectivity index (χ3v) is 6.56. The lowest BCUT2D eigenvalue weighted by molar-refractivity contribution is 0.200. The molecule has 0 spiro atoms. The minimum atomic E-state index is -3.45. The lowest BCUT2D eigenvalue weighted by atomic mass is 9.93. The predicted molar refractivity (Wildman–Crippen MR) is 112 cm³/mol. The minimum Gasteiger partial charge on any atom is -0.299 e. The molecule has 3 aromatic rings. The van der Waals surface area contributed by atoms with Crippen LogP contribution in [0.15, 0.2) is 59.9 Å². The fourth-order valence-corrected chi connectivity index (χ4v) is 4.67. The van der Waals surface area contributed by atoms with Gasteiger partial charge in [0.2, 0.25) is 0 Å². The highest BCUT2D eigenvalue weighted by molar-refractivity contribution is 7.90. The van der Waals surface area contributed by atoms with Gasteiger partial charge in [0.1, 0.15) is 10.7 Å². The summed E-state index contributed by atoms with van der Waals surface area (Å²) in [6.07, 6.45) is 7.43. The highest BCUT2D eigenvalue weighted by Gasteiger charge is 2.28. The first-order chi connectivity index (χ1) is 14.4. The van der Waals surface area contributed by atoms with Gasteiger partial charge in [0.15, 0.2) is 15.7 Å². The minimum absolute atomic E-state index is 0.00943. The molecule has 0 aliphatic carbocycles. The molecule has 0 saturated carbocycles. The van der Waals surface area contributed by atoms with Gasteiger partial charge in [0.05, 0.1) is 5.69 Å². The number of likely N-dealkylation sites (tertiary alicyclic amines) is 1. The van der Waals surface area contributed by atoms with Crippen LogP contribution in [0.2, 0.25) is 0 Å². The zero-order valence-corrected chi connectivity index (χ0v) is 17.5. The van der Waals surface area contributed by atoms with Gasteiger partial charge in [0, 0.05) is 48.4 Å². The Morgan fingerprint density at radius 2 is 1.80 bits per heavy atom. The predicted octanol–water partition coefficient (Wildman–Crippen LogP) is 3.46. The number of piperidine rings is 1. The standard InChI is InChI=1S/C22H23FN4O2S/c1-30(28,29)20-14-25-22(17-6-10-24-11-7-17)26-21(20)16-8-12-27(13-9-16)15-18-4-2-3-5-19(18)23/h2-7,10-11,14,16H,8-9,12-13,15H2,1H3. The molecule has 0 amide bonds. The number of pyridine rings is 1. The third kappa shape index (κ3) is 4.55. The Morgan fingerprint density at radius 1 is 1.10 bits per heavy atom. The number of rotatable bonds is 5. The maximum absolute atomic E-state index is 14.0. The molecule has 3 heterocycles. The van der Waals surface area contributed by atoms with E-state index in [0.717, 1.165) is 31.5 Å². The van der Waals surface area contributed by atoms with Crippen LogP contribution in [0.25, 0.3) is 11.4 Å². The van der Waals surface area contributed by atoms with Gasteiger partial charge in [0.25, 0.3) is 0 Å². The SMILES string of the molecule is CS(=O)(=O)c1cnc(-c2ccncc2)nc1C1CCN(Cc2ccccc2F)CC1. The van der Waals surface area contributed by atoms with Crippen LogP contribution < -0.4 is 0 Å². The Morgan fingerprint density at radius 3 is 2.47 bits per heavy atom. The molecule has 8 heteroatoms. The van der Waals surface area contributed by atoms with Gasteiger partial charge in [-0.05, 0) is 44.1 Å². The van der Waals surface area contributed by atoms with E-state index in [1.165, 1.54) is 18.5 Å². The Kier molecular flexibility index (Phi) is 5.87. The molecule has 0 unspecified atom stereocenters. The molecule has 1 aliphatic heterocycles. The molecule has 1 fully saturated rings. The van der Waals surface area contributed by atoms with E-state index in [1.807, 2.05) is 6.07 Å². The molecule has 0 radical (unpaired) electrons. The number of hydrogen-bond acceptors (Lipinski definition) is 6. The number of halogens is 1. The maximum Gasteiger partial charge on any atom is 0.178 e. The molecule has 1 saturated heterocycles. The fourth-order valence-electron chi connectivity index (χ4n) is 3.83. The van der Waals surface area contributed by atoms with Crippen LogP contribution in [-0.4, -0.2) is 47.6 Å². The first-order valence-corrected chi connectivity index (χ1v) is 11.7. The fraction of sp³-hybridized carbons (Fsp3) is 0.318. The normalized spacial score (nSPS) is 15.9. The van der Waals surface area contributed by atoms with Crippen molar-refractivity contribution in [3.63, 3.8) is 0 Å². The van der Waals surface area contributed by atoms with Crippen molar-refractivity contribution in [1.82, 2.24) is 19.9 Å². The van der Waals surface area contributed by atoms with Gasteiger partial charge in [-0.25, -0.2) is 22.8 Å². The quantitative estimate of drug-likeness (QED) is 0.622. The summed E-state index contributed by atoms with van der Waals surface area (Å²) >= 11 is 0. The summed E-state index contributed by atoms with van der Waals surface area (Å²) in [4.78, 5) is 15.3. The van der Waals surface area contributed by atoms with Crippen molar-refractivity contribution in [3.8, 4) is 11.4 Å². The van der Waals surface area contributed by atoms with E-state index in [9.17, 15) is 12.8 Å². The molecule has 0 N–H and O–H groups in total. The van der Waals surface area contributed by atoms with Gasteiger partial charge in [-0.1, -0.05) is 18.2 Å². The molecule has 1 aliphatic rings. The van der Waals surface area contributed by atoms with E-state index < -0.39 is 9.84 Å². The summed E-state index contributed by atoms with van der Waals surface area (Å²) in [6, 6.07) is 10.4. The molecule has 156 valence electrons. The molecular weight excluding hydrogens is 403 g/mol. The summed E-state index contributed by atoms with van der Waals surface area (Å²) in [5.41, 5.74) is 2.04. The molecule has 1 aromatic carbocycles. The van der Waals surface area contributed by atoms with E-state index in [-0.39, 0.29) is 16.6 Å². The third-order valence-electron chi connectivity index (χ3n) is 5.45. The van der Waals surface area contributed by atoms with Gasteiger partial charge in [-0.2, -0.15) is 0 Å². The first kappa shape index (κ1) is 20.6. The molecule has 0 atom stereocenters. The number of aromatic nitrogens is 3. The molecule has 30 heavy (non-hydrogen) atoms. The average molecular weight is 427 g/mol. The zero-order chi connectivity index (χ0) is 21.1. The lowest BCUT2D eigenvalue weighted by Crippen LogP contribution is -2.33. The van der Waals surface area contributed by atoms with Gasteiger partial charge in [-0.15, -0.1) is 0 Å². The first-order valence-electron chi connectivity index (χ1n) is 9.85. The topological polar surface area (TPSA) is 76.0 Å². The van der Waals surface area contributed by atoms with Crippen molar-refractivity contribution < 1.29 is 12.8 Å². The summed E-state index contributed by atoms with van der Waals surface area (Å²) in [6.45, 7) is 2.04. The van der Waals surface area contributed by atoms with Crippen molar-refractivity contribution in [2.75, 3.05) is 19.3 Å². The van der Waals surface area contributed by atoms with E-state index >= 15 is 0 Å². The molecule has 6 nitrogen and oxygen atoms in total. The van der Waals surface area contributed by atoms with Crippen LogP contribution in [-0.2, 0) is 16.4 Å². The second-order valence-electron chi connectivity index (χ2n) is 7.59. The Labute approximate surface area is 175 Å². The van der Waals surface area contributed by atoms with E-state index in [1.54, 1.807) is 36.7 Å². The Bertz CT molecular complexity index is 1130. The highest BCUT2D eigenvalue weighted by Crippen LogP contribution is 2.32. The smallest absolute Gasteiger partial charge is 0.178 e. The van der Waals surface area contributed by atoms with Crippen molar-refractivity contribution in [2.24, 2.45) is 0 Å². The summed E-state index contributed by atoms with van der Waals surface area (Å²) < 4.78 is 38.7. The summed E-state index contributed by atoms with van der Waals surface area (Å²) in [5.74, 6) is 0.306. The van der Waals surface area contributed by atoms with Crippen LogP contribution in [0, 0.1) is 5.82 Å². The average Bonchev–Trinajstić information content (AvgIpc) is 2.75. The number of sulfone groups is 1. The maximum atomic E-state index is 14.0. The molecule has 0 bridgehead atoms. The van der Waals surface area contributed by atoms with Crippen LogP contribution in [0.4, 0.5) is 4.39 Å². The van der Waals surface area contributed by atoms with E-state index in [2.05, 4.69) is 19.9 Å². The zero-order valence-electron chi connectivity index (χ0n) is 16.7. The van der Waals surface area contributed by atoms with Crippen molar-refractivity contribution >= 4 is 9.84 Å². The van der Waals surface area contributed by atoms with Gasteiger partial charge in [-0.3, -0.25) is 9.88 Å². The second-order valence-corrected chi connectivity index (χ2v) is 9.58. The molecule has 4 rings (SSSR count). The summed E-state index contributed by atoms with van der Waals surface area (Å²) in [7, 11) is -3.45. The van der Waals surface area contributed by atoms with Crippen molar-refractivity contribution in [3.05, 3.63) is 72.1 Å². The van der Waals surface area contributed by atoms with E-state index in [4.69, 9.17) is 0 Å². The molecular formula is C22H23FN4O2S. The number of hydrogen-bond donors (Lipinski definition) is 0. The van der Waals surface area contributed by atoms with Crippen LogP contribution in [0.5, 0.6) is 0 Å². The second kappa shape index (κ2) is 8.57. The Balaban J connectivity index is 1.57. The van der Waals surface area contributed by atoms with Crippen molar-refractivity contribution in [1.29, 1.82) is 0 Å². The molecule has 2 aromatic heterocycles. The van der Waals surface area contributed by atoms with Crippen LogP contribution in [0.1, 0.15) is 30.0 Å². The van der Waals surface area contributed by atoms with Gasteiger partial charge >= 0.3 is 0 Å². The number of benzene rings is 1.